The third kappa shape index (κ3) is 1.38. The number of para-hydroxylation sites is 1. The summed E-state index contributed by atoms with van der Waals surface area (Å²) >= 11 is 0. The molecule has 1 aliphatic heterocycles. The van der Waals surface area contributed by atoms with Crippen molar-refractivity contribution in [2.75, 3.05) is 0 Å². The van der Waals surface area contributed by atoms with Gasteiger partial charge in [-0.1, -0.05) is 18.2 Å². The van der Waals surface area contributed by atoms with Gasteiger partial charge in [0.05, 0.1) is 5.69 Å². The van der Waals surface area contributed by atoms with Crippen LogP contribution in [0.4, 0.5) is 0 Å². The first-order valence-corrected chi connectivity index (χ1v) is 6.84. The second-order valence-corrected chi connectivity index (χ2v) is 5.80. The quantitative estimate of drug-likeness (QED) is 0.615. The molecule has 0 amide bonds. The van der Waals surface area contributed by atoms with Crippen LogP contribution in [-0.4, -0.2) is 9.38 Å². The fraction of sp³-hybridized carbons (Fsp3) is 0.235. The number of nitrogens with zero attached hydrogens (tertiary/aromatic N) is 2. The van der Waals surface area contributed by atoms with Crippen LogP contribution in [0.25, 0.3) is 16.9 Å². The van der Waals surface area contributed by atoms with E-state index in [1.165, 1.54) is 5.56 Å². The van der Waals surface area contributed by atoms with E-state index in [0.29, 0.717) is 0 Å². The van der Waals surface area contributed by atoms with Crippen LogP contribution in [0.2, 0.25) is 0 Å². The number of rotatable bonds is 0. The number of aromatic nitrogens is 2. The van der Waals surface area contributed by atoms with E-state index in [2.05, 4.69) is 49.6 Å². The molecule has 3 heterocycles. The smallest absolute Gasteiger partial charge is 0.146 e. The summed E-state index contributed by atoms with van der Waals surface area (Å²) in [6.07, 6.45) is 2.06. The van der Waals surface area contributed by atoms with Crippen molar-refractivity contribution in [2.24, 2.45) is 0 Å². The molecule has 0 fully saturated rings. The molecule has 3 heteroatoms. The van der Waals surface area contributed by atoms with Gasteiger partial charge in [0.25, 0.3) is 0 Å². The molecule has 1 aromatic carbocycles. The van der Waals surface area contributed by atoms with Crippen LogP contribution in [0, 0.1) is 6.92 Å². The molecule has 0 bridgehead atoms. The molecule has 0 saturated carbocycles. The van der Waals surface area contributed by atoms with Gasteiger partial charge in [0, 0.05) is 11.8 Å². The van der Waals surface area contributed by atoms with Gasteiger partial charge in [-0.05, 0) is 44.5 Å². The minimum atomic E-state index is -0.392. The SMILES string of the molecule is Cc1cccn2c3c(nc12)-c1ccccc1OC3(C)C. The number of hydrogen-bond acceptors (Lipinski definition) is 2. The minimum Gasteiger partial charge on any atom is -0.481 e. The molecule has 4 rings (SSSR count). The Kier molecular flexibility index (Phi) is 2.09. The van der Waals surface area contributed by atoms with Crippen molar-refractivity contribution >= 4 is 5.65 Å². The van der Waals surface area contributed by atoms with Crippen LogP contribution < -0.4 is 4.74 Å². The average Bonchev–Trinajstić information content (AvgIpc) is 2.80. The lowest BCUT2D eigenvalue weighted by Gasteiger charge is -2.32. The highest BCUT2D eigenvalue weighted by atomic mass is 16.5. The predicted molar refractivity (Wildman–Crippen MR) is 79.0 cm³/mol. The van der Waals surface area contributed by atoms with Crippen LogP contribution in [0.5, 0.6) is 5.75 Å². The van der Waals surface area contributed by atoms with Gasteiger partial charge >= 0.3 is 0 Å². The Bertz CT molecular complexity index is 830. The number of hydrogen-bond donors (Lipinski definition) is 0. The maximum Gasteiger partial charge on any atom is 0.146 e. The zero-order valence-corrected chi connectivity index (χ0v) is 11.8. The molecule has 0 N–H and O–H groups in total. The summed E-state index contributed by atoms with van der Waals surface area (Å²) in [4.78, 5) is 4.87. The van der Waals surface area contributed by atoms with Crippen LogP contribution in [-0.2, 0) is 5.60 Å². The van der Waals surface area contributed by atoms with E-state index in [-0.39, 0.29) is 0 Å². The number of pyridine rings is 1. The van der Waals surface area contributed by atoms with Crippen molar-refractivity contribution in [3.8, 4) is 17.0 Å². The van der Waals surface area contributed by atoms with E-state index < -0.39 is 5.60 Å². The highest BCUT2D eigenvalue weighted by Crippen LogP contribution is 2.44. The maximum absolute atomic E-state index is 6.19. The lowest BCUT2D eigenvalue weighted by molar-refractivity contribution is 0.0996. The van der Waals surface area contributed by atoms with Crippen LogP contribution >= 0.6 is 0 Å². The van der Waals surface area contributed by atoms with Crippen molar-refractivity contribution in [3.63, 3.8) is 0 Å². The summed E-state index contributed by atoms with van der Waals surface area (Å²) in [5.74, 6) is 0.908. The van der Waals surface area contributed by atoms with E-state index in [0.717, 1.165) is 28.3 Å². The number of aryl methyl sites for hydroxylation is 1. The molecule has 2 aromatic heterocycles. The standard InChI is InChI=1S/C17H16N2O/c1-11-7-6-10-19-15-14(18-16(11)19)12-8-4-5-9-13(12)20-17(15,2)3/h4-10H,1-3H3. The minimum absolute atomic E-state index is 0.392. The number of ether oxygens (including phenoxy) is 1. The van der Waals surface area contributed by atoms with Crippen molar-refractivity contribution in [1.29, 1.82) is 0 Å². The Hall–Kier alpha value is -2.29. The molecule has 3 nitrogen and oxygen atoms in total. The molecule has 20 heavy (non-hydrogen) atoms. The molecule has 0 aliphatic carbocycles. The number of imidazole rings is 1. The molecule has 0 radical (unpaired) electrons. The zero-order chi connectivity index (χ0) is 13.9. The second-order valence-electron chi connectivity index (χ2n) is 5.80. The van der Waals surface area contributed by atoms with E-state index in [1.807, 2.05) is 18.2 Å². The van der Waals surface area contributed by atoms with Gasteiger partial charge in [0.15, 0.2) is 0 Å². The lowest BCUT2D eigenvalue weighted by Crippen LogP contribution is -2.30. The molecule has 0 saturated heterocycles. The van der Waals surface area contributed by atoms with E-state index in [9.17, 15) is 0 Å². The lowest BCUT2D eigenvalue weighted by atomic mass is 9.95. The normalized spacial score (nSPS) is 15.6. The Morgan fingerprint density at radius 3 is 2.75 bits per heavy atom. The molecule has 1 aliphatic rings. The predicted octanol–water partition coefficient (Wildman–Crippen LogP) is 3.94. The monoisotopic (exact) mass is 264 g/mol. The van der Waals surface area contributed by atoms with Gasteiger partial charge in [-0.15, -0.1) is 0 Å². The summed E-state index contributed by atoms with van der Waals surface area (Å²) in [6.45, 7) is 6.28. The Balaban J connectivity index is 2.17. The zero-order valence-electron chi connectivity index (χ0n) is 11.8. The molecule has 3 aromatic rings. The number of fused-ring (bicyclic) bond motifs is 5. The first-order valence-electron chi connectivity index (χ1n) is 6.84. The first-order chi connectivity index (χ1) is 9.58. The van der Waals surface area contributed by atoms with E-state index in [1.54, 1.807) is 0 Å². The maximum atomic E-state index is 6.19. The summed E-state index contributed by atoms with van der Waals surface area (Å²) in [5.41, 5.74) is 5.02. The van der Waals surface area contributed by atoms with Gasteiger partial charge in [0.1, 0.15) is 22.7 Å². The van der Waals surface area contributed by atoms with Gasteiger partial charge in [-0.3, -0.25) is 4.40 Å². The van der Waals surface area contributed by atoms with Gasteiger partial charge in [0.2, 0.25) is 0 Å². The largest absolute Gasteiger partial charge is 0.481 e. The topological polar surface area (TPSA) is 26.5 Å². The van der Waals surface area contributed by atoms with Crippen molar-refractivity contribution < 1.29 is 4.74 Å². The van der Waals surface area contributed by atoms with Crippen LogP contribution in [0.3, 0.4) is 0 Å². The summed E-state index contributed by atoms with van der Waals surface area (Å²) < 4.78 is 8.34. The molecule has 0 spiro atoms. The van der Waals surface area contributed by atoms with Crippen molar-refractivity contribution in [3.05, 3.63) is 53.9 Å². The van der Waals surface area contributed by atoms with E-state index in [4.69, 9.17) is 9.72 Å². The molecular formula is C17H16N2O. The second kappa shape index (κ2) is 3.63. The van der Waals surface area contributed by atoms with Gasteiger partial charge in [-0.2, -0.15) is 0 Å². The molecule has 0 atom stereocenters. The van der Waals surface area contributed by atoms with Crippen molar-refractivity contribution in [1.82, 2.24) is 9.38 Å². The average molecular weight is 264 g/mol. The fourth-order valence-electron chi connectivity index (χ4n) is 3.04. The summed E-state index contributed by atoms with van der Waals surface area (Å²) in [7, 11) is 0. The third-order valence-electron chi connectivity index (χ3n) is 3.92. The van der Waals surface area contributed by atoms with E-state index >= 15 is 0 Å². The Morgan fingerprint density at radius 1 is 1.10 bits per heavy atom. The third-order valence-corrected chi connectivity index (χ3v) is 3.92. The van der Waals surface area contributed by atoms with Crippen molar-refractivity contribution in [2.45, 2.75) is 26.4 Å². The summed E-state index contributed by atoms with van der Waals surface area (Å²) in [5, 5.41) is 0. The Morgan fingerprint density at radius 2 is 1.90 bits per heavy atom. The first kappa shape index (κ1) is 11.5. The Labute approximate surface area is 117 Å². The highest BCUT2D eigenvalue weighted by molar-refractivity contribution is 5.75. The number of benzene rings is 1. The molecule has 0 unspecified atom stereocenters. The van der Waals surface area contributed by atoms with Crippen LogP contribution in [0.15, 0.2) is 42.6 Å². The van der Waals surface area contributed by atoms with Gasteiger partial charge < -0.3 is 4.74 Å². The fourth-order valence-corrected chi connectivity index (χ4v) is 3.04. The van der Waals surface area contributed by atoms with Gasteiger partial charge in [-0.25, -0.2) is 4.98 Å². The molecule has 100 valence electrons. The summed E-state index contributed by atoms with van der Waals surface area (Å²) in [6, 6.07) is 12.3. The highest BCUT2D eigenvalue weighted by Gasteiger charge is 2.36. The van der Waals surface area contributed by atoms with Crippen LogP contribution in [0.1, 0.15) is 25.1 Å². The molecular weight excluding hydrogens is 248 g/mol.